The molecule has 22 heavy (non-hydrogen) atoms. The van der Waals surface area contributed by atoms with Crippen LogP contribution in [-0.4, -0.2) is 25.2 Å². The molecule has 0 aliphatic carbocycles. The lowest BCUT2D eigenvalue weighted by atomic mass is 10.1. The van der Waals surface area contributed by atoms with Crippen LogP contribution in [0.1, 0.15) is 32.1 Å². The number of hydrogen-bond donors (Lipinski definition) is 2. The van der Waals surface area contributed by atoms with Crippen molar-refractivity contribution in [2.75, 3.05) is 5.73 Å². The number of unbranched alkanes of at least 4 members (excludes halogenated alkanes) is 3. The Labute approximate surface area is 126 Å². The number of nitrogens with one attached hydrogen (secondary N) is 1. The van der Waals surface area contributed by atoms with E-state index >= 15 is 0 Å². The molecule has 10 heteroatoms. The van der Waals surface area contributed by atoms with Crippen molar-refractivity contribution in [3.8, 4) is 0 Å². The van der Waals surface area contributed by atoms with Crippen LogP contribution in [0.2, 0.25) is 0 Å². The van der Waals surface area contributed by atoms with E-state index in [9.17, 15) is 18.1 Å². The van der Waals surface area contributed by atoms with Gasteiger partial charge in [0.15, 0.2) is 11.2 Å². The van der Waals surface area contributed by atoms with E-state index in [2.05, 4.69) is 15.0 Å². The van der Waals surface area contributed by atoms with Gasteiger partial charge in [0, 0.05) is 13.0 Å². The maximum atomic E-state index is 12.8. The van der Waals surface area contributed by atoms with Crippen LogP contribution >= 0.6 is 8.46 Å². The Balaban J connectivity index is 1.83. The molecule has 0 fully saturated rings. The number of imidazole rings is 1. The second kappa shape index (κ2) is 7.00. The Bertz CT molecular complexity index is 715. The summed E-state index contributed by atoms with van der Waals surface area (Å²) in [4.78, 5) is 22.0. The fourth-order valence-electron chi connectivity index (χ4n) is 2.19. The molecule has 0 aliphatic heterocycles. The first-order chi connectivity index (χ1) is 10.4. The molecule has 7 nitrogen and oxygen atoms in total. The zero-order chi connectivity index (χ0) is 16.2. The number of aromatic nitrogens is 4. The Morgan fingerprint density at radius 3 is 2.77 bits per heavy atom. The van der Waals surface area contributed by atoms with E-state index < -0.39 is 14.1 Å². The molecule has 2 rings (SSSR count). The summed E-state index contributed by atoms with van der Waals surface area (Å²) in [5.74, 6) is 0.0293. The summed E-state index contributed by atoms with van der Waals surface area (Å²) in [5, 5.41) is 0. The number of nitrogens with zero attached hydrogens (tertiary/aromatic N) is 3. The molecule has 2 aromatic heterocycles. The van der Waals surface area contributed by atoms with Gasteiger partial charge >= 0.3 is 0 Å². The number of aromatic amines is 1. The average Bonchev–Trinajstić information content (AvgIpc) is 2.86. The summed E-state index contributed by atoms with van der Waals surface area (Å²) >= 11 is 0. The lowest BCUT2D eigenvalue weighted by Crippen LogP contribution is -2.12. The number of nitrogen functional groups attached to an aromatic ring is 1. The minimum absolute atomic E-state index is 0.0293. The van der Waals surface area contributed by atoms with Gasteiger partial charge in [-0.2, -0.15) is 13.8 Å². The molecule has 0 amide bonds. The number of anilines is 1. The number of aryl methyl sites for hydroxylation is 1. The first kappa shape index (κ1) is 16.6. The molecular formula is C12H18F2N5O2P. The van der Waals surface area contributed by atoms with Crippen LogP contribution < -0.4 is 11.3 Å². The van der Waals surface area contributed by atoms with E-state index in [0.29, 0.717) is 25.0 Å². The van der Waals surface area contributed by atoms with Crippen molar-refractivity contribution < 1.29 is 13.3 Å². The first-order valence-corrected chi connectivity index (χ1v) is 8.02. The van der Waals surface area contributed by atoms with Crippen molar-refractivity contribution in [3.63, 3.8) is 0 Å². The smallest absolute Gasteiger partial charge is 0.293 e. The van der Waals surface area contributed by atoms with Gasteiger partial charge in [0.05, 0.1) is 6.33 Å². The van der Waals surface area contributed by atoms with Crippen molar-refractivity contribution in [3.05, 3.63) is 16.7 Å². The fourth-order valence-corrected chi connectivity index (χ4v) is 2.51. The number of nitrogens with two attached hydrogens (primary N) is 1. The van der Waals surface area contributed by atoms with Gasteiger partial charge < -0.3 is 14.9 Å². The predicted octanol–water partition coefficient (Wildman–Crippen LogP) is 2.00. The normalized spacial score (nSPS) is 12.6. The van der Waals surface area contributed by atoms with Crippen LogP contribution in [0.4, 0.5) is 14.7 Å². The highest BCUT2D eigenvalue weighted by atomic mass is 31.1. The number of H-pyrrole nitrogens is 1. The average molecular weight is 333 g/mol. The minimum atomic E-state index is -3.01. The summed E-state index contributed by atoms with van der Waals surface area (Å²) in [5.41, 5.74) is 2.75. The molecule has 2 heterocycles. The lowest BCUT2D eigenvalue weighted by molar-refractivity contribution is 0.0847. The lowest BCUT2D eigenvalue weighted by Gasteiger charge is -2.08. The van der Waals surface area contributed by atoms with Crippen LogP contribution in [0.3, 0.4) is 0 Å². The van der Waals surface area contributed by atoms with Gasteiger partial charge in [-0.3, -0.25) is 9.78 Å². The van der Waals surface area contributed by atoms with Gasteiger partial charge in [-0.15, -0.1) is 0 Å². The predicted molar refractivity (Wildman–Crippen MR) is 81.0 cm³/mol. The van der Waals surface area contributed by atoms with Gasteiger partial charge in [0.1, 0.15) is 8.46 Å². The van der Waals surface area contributed by atoms with E-state index in [1.54, 1.807) is 4.57 Å². The SMILES string of the molecule is Nc1nc2c(ncn2CCCCCCC(F)(F)[PH2]=O)c(=O)[nH]1. The zero-order valence-corrected chi connectivity index (χ0v) is 13.0. The van der Waals surface area contributed by atoms with Gasteiger partial charge in [-0.05, 0) is 12.8 Å². The number of alkyl halides is 2. The Hall–Kier alpha value is -1.76. The number of rotatable bonds is 8. The number of hydrogen-bond acceptors (Lipinski definition) is 5. The molecule has 0 spiro atoms. The summed E-state index contributed by atoms with van der Waals surface area (Å²) in [6.07, 6.45) is 3.67. The highest BCUT2D eigenvalue weighted by Crippen LogP contribution is 2.32. The van der Waals surface area contributed by atoms with Crippen LogP contribution in [0, 0.1) is 0 Å². The maximum Gasteiger partial charge on any atom is 0.293 e. The molecule has 0 aliphatic rings. The van der Waals surface area contributed by atoms with Crippen LogP contribution in [0.25, 0.3) is 11.2 Å². The van der Waals surface area contributed by atoms with E-state index in [0.717, 1.165) is 12.8 Å². The highest BCUT2D eigenvalue weighted by Gasteiger charge is 2.25. The summed E-state index contributed by atoms with van der Waals surface area (Å²) in [7, 11) is -2.05. The third-order valence-electron chi connectivity index (χ3n) is 3.32. The fraction of sp³-hybridized carbons (Fsp3) is 0.583. The monoisotopic (exact) mass is 333 g/mol. The van der Waals surface area contributed by atoms with E-state index in [1.807, 2.05) is 0 Å². The van der Waals surface area contributed by atoms with Crippen molar-refractivity contribution in [1.29, 1.82) is 0 Å². The molecule has 122 valence electrons. The van der Waals surface area contributed by atoms with Crippen LogP contribution in [0.15, 0.2) is 11.1 Å². The third kappa shape index (κ3) is 4.13. The highest BCUT2D eigenvalue weighted by molar-refractivity contribution is 7.25. The number of fused-ring (bicyclic) bond motifs is 1. The third-order valence-corrected chi connectivity index (χ3v) is 3.96. The largest absolute Gasteiger partial charge is 0.369 e. The molecule has 0 saturated heterocycles. The van der Waals surface area contributed by atoms with Crippen molar-refractivity contribution in [2.24, 2.45) is 0 Å². The van der Waals surface area contributed by atoms with Gasteiger partial charge in [-0.1, -0.05) is 12.8 Å². The van der Waals surface area contributed by atoms with Crippen LogP contribution in [-0.2, 0) is 11.1 Å². The van der Waals surface area contributed by atoms with Crippen molar-refractivity contribution in [1.82, 2.24) is 19.5 Å². The second-order valence-electron chi connectivity index (χ2n) is 5.10. The molecule has 1 atom stereocenters. The van der Waals surface area contributed by atoms with Gasteiger partial charge in [0.2, 0.25) is 5.95 Å². The summed E-state index contributed by atoms with van der Waals surface area (Å²) < 4.78 is 37.6. The molecule has 3 N–H and O–H groups in total. The first-order valence-electron chi connectivity index (χ1n) is 6.98. The quantitative estimate of drug-likeness (QED) is 0.567. The van der Waals surface area contributed by atoms with Gasteiger partial charge in [-0.25, -0.2) is 4.98 Å². The summed E-state index contributed by atoms with van der Waals surface area (Å²) in [6, 6.07) is 0. The van der Waals surface area contributed by atoms with Crippen molar-refractivity contribution >= 4 is 25.6 Å². The van der Waals surface area contributed by atoms with Crippen molar-refractivity contribution in [2.45, 2.75) is 44.3 Å². The standard InChI is InChI=1S/C12H18F2N5O2P/c13-12(14,22-21)5-3-1-2-4-6-19-7-16-8-9(19)17-11(15)18-10(8)20/h7H,1-6,22H2,(H3,15,17,18,20). The molecule has 0 radical (unpaired) electrons. The van der Waals surface area contributed by atoms with Crippen LogP contribution in [0.5, 0.6) is 0 Å². The summed E-state index contributed by atoms with van der Waals surface area (Å²) in [6.45, 7) is 0.579. The van der Waals surface area contributed by atoms with Gasteiger partial charge in [0.25, 0.3) is 11.2 Å². The Kier molecular flexibility index (Phi) is 5.28. The molecular weight excluding hydrogens is 315 g/mol. The molecule has 1 unspecified atom stereocenters. The number of halogens is 2. The second-order valence-corrected chi connectivity index (χ2v) is 6.18. The van der Waals surface area contributed by atoms with E-state index in [1.165, 1.54) is 6.33 Å². The molecule has 0 aromatic carbocycles. The maximum absolute atomic E-state index is 12.8. The minimum Gasteiger partial charge on any atom is -0.369 e. The molecule has 0 bridgehead atoms. The zero-order valence-electron chi connectivity index (χ0n) is 11.9. The Morgan fingerprint density at radius 2 is 2.05 bits per heavy atom. The van der Waals surface area contributed by atoms with E-state index in [-0.39, 0.29) is 23.4 Å². The van der Waals surface area contributed by atoms with E-state index in [4.69, 9.17) is 5.73 Å². The molecule has 2 aromatic rings. The molecule has 0 saturated carbocycles. The Morgan fingerprint density at radius 1 is 1.32 bits per heavy atom. The topological polar surface area (TPSA) is 107 Å².